The molecule has 3 amide bonds. The van der Waals surface area contributed by atoms with Gasteiger partial charge in [-0.1, -0.05) is 17.7 Å². The second kappa shape index (κ2) is 10.8. The fourth-order valence-corrected chi connectivity index (χ4v) is 4.71. The summed E-state index contributed by atoms with van der Waals surface area (Å²) in [5.41, 5.74) is 2.93. The average Bonchev–Trinajstić information content (AvgIpc) is 3.49. The number of anilines is 1. The molecule has 1 unspecified atom stereocenters. The van der Waals surface area contributed by atoms with Gasteiger partial charge in [0.05, 0.1) is 23.8 Å². The van der Waals surface area contributed by atoms with Gasteiger partial charge >= 0.3 is 0 Å². The number of halogens is 1. The number of imide groups is 1. The molecule has 5 rings (SSSR count). The topological polar surface area (TPSA) is 94.2 Å². The molecule has 2 aliphatic rings. The molecule has 38 heavy (non-hydrogen) atoms. The summed E-state index contributed by atoms with van der Waals surface area (Å²) in [5, 5.41) is 3.46. The van der Waals surface area contributed by atoms with Crippen molar-refractivity contribution in [1.82, 2.24) is 4.90 Å². The minimum atomic E-state index is -0.349. The van der Waals surface area contributed by atoms with Gasteiger partial charge in [-0.15, -0.1) is 0 Å². The zero-order valence-electron chi connectivity index (χ0n) is 21.1. The first kappa shape index (κ1) is 25.8. The van der Waals surface area contributed by atoms with Crippen LogP contribution in [0.15, 0.2) is 54.6 Å². The van der Waals surface area contributed by atoms with Gasteiger partial charge in [0.25, 0.3) is 17.7 Å². The molecule has 2 aliphatic heterocycles. The van der Waals surface area contributed by atoms with E-state index in [1.54, 1.807) is 54.6 Å². The molecule has 0 aromatic heterocycles. The van der Waals surface area contributed by atoms with Crippen molar-refractivity contribution < 1.29 is 28.6 Å². The molecular formula is C29H27ClN2O6. The van der Waals surface area contributed by atoms with Crippen LogP contribution in [0, 0.1) is 13.8 Å². The molecular weight excluding hydrogens is 508 g/mol. The largest absolute Gasteiger partial charge is 0.484 e. The molecule has 0 spiro atoms. The predicted molar refractivity (Wildman–Crippen MR) is 142 cm³/mol. The van der Waals surface area contributed by atoms with E-state index in [1.165, 1.54) is 4.90 Å². The Morgan fingerprint density at radius 2 is 1.74 bits per heavy atom. The number of hydrogen-bond acceptors (Lipinski definition) is 6. The number of aryl methyl sites for hydroxylation is 2. The minimum Gasteiger partial charge on any atom is -0.484 e. The summed E-state index contributed by atoms with van der Waals surface area (Å²) < 4.78 is 17.2. The zero-order valence-corrected chi connectivity index (χ0v) is 21.8. The van der Waals surface area contributed by atoms with Crippen molar-refractivity contribution in [1.29, 1.82) is 0 Å². The summed E-state index contributed by atoms with van der Waals surface area (Å²) >= 11 is 6.19. The third-order valence-electron chi connectivity index (χ3n) is 6.49. The number of benzene rings is 3. The van der Waals surface area contributed by atoms with Gasteiger partial charge in [0, 0.05) is 23.4 Å². The van der Waals surface area contributed by atoms with Crippen LogP contribution < -0.4 is 14.8 Å². The van der Waals surface area contributed by atoms with Crippen LogP contribution in [0.4, 0.5) is 5.69 Å². The maximum Gasteiger partial charge on any atom is 0.262 e. The molecule has 3 aromatic rings. The maximum atomic E-state index is 12.9. The Bertz CT molecular complexity index is 1390. The lowest BCUT2D eigenvalue weighted by atomic mass is 10.1. The van der Waals surface area contributed by atoms with Crippen LogP contribution in [0.2, 0.25) is 5.02 Å². The highest BCUT2D eigenvalue weighted by Gasteiger charge is 2.37. The Morgan fingerprint density at radius 3 is 2.47 bits per heavy atom. The quantitative estimate of drug-likeness (QED) is 0.381. The summed E-state index contributed by atoms with van der Waals surface area (Å²) in [7, 11) is 0. The Hall–Kier alpha value is -3.88. The highest BCUT2D eigenvalue weighted by Crippen LogP contribution is 2.31. The van der Waals surface area contributed by atoms with E-state index in [1.807, 2.05) is 13.8 Å². The Morgan fingerprint density at radius 1 is 1.00 bits per heavy atom. The third kappa shape index (κ3) is 5.51. The molecule has 1 saturated heterocycles. The van der Waals surface area contributed by atoms with E-state index >= 15 is 0 Å². The van der Waals surface area contributed by atoms with E-state index in [9.17, 15) is 14.4 Å². The lowest BCUT2D eigenvalue weighted by molar-refractivity contribution is -0.118. The van der Waals surface area contributed by atoms with E-state index in [4.69, 9.17) is 25.8 Å². The molecule has 1 N–H and O–H groups in total. The van der Waals surface area contributed by atoms with Crippen LogP contribution in [0.3, 0.4) is 0 Å². The monoisotopic (exact) mass is 534 g/mol. The number of ether oxygens (including phenoxy) is 3. The molecule has 0 radical (unpaired) electrons. The van der Waals surface area contributed by atoms with Crippen molar-refractivity contribution in [2.24, 2.45) is 0 Å². The van der Waals surface area contributed by atoms with Crippen LogP contribution in [-0.2, 0) is 9.53 Å². The van der Waals surface area contributed by atoms with E-state index in [0.29, 0.717) is 45.7 Å². The second-order valence-electron chi connectivity index (χ2n) is 9.40. The molecule has 3 aromatic carbocycles. The highest BCUT2D eigenvalue weighted by molar-refractivity contribution is 6.32. The van der Waals surface area contributed by atoms with E-state index in [0.717, 1.165) is 24.0 Å². The van der Waals surface area contributed by atoms with Gasteiger partial charge in [-0.05, 0) is 80.3 Å². The molecule has 1 atom stereocenters. The molecule has 2 heterocycles. The predicted octanol–water partition coefficient (Wildman–Crippen LogP) is 5.54. The lowest BCUT2D eigenvalue weighted by Gasteiger charge is -2.17. The first-order valence-electron chi connectivity index (χ1n) is 12.4. The number of carbonyl (C=O) groups is 3. The smallest absolute Gasteiger partial charge is 0.262 e. The lowest BCUT2D eigenvalue weighted by Crippen LogP contribution is -2.36. The van der Waals surface area contributed by atoms with Gasteiger partial charge in [-0.3, -0.25) is 19.3 Å². The number of hydrogen-bond donors (Lipinski definition) is 1. The van der Waals surface area contributed by atoms with Gasteiger partial charge in [0.1, 0.15) is 17.2 Å². The summed E-state index contributed by atoms with van der Waals surface area (Å²) in [6.07, 6.45) is 1.65. The summed E-state index contributed by atoms with van der Waals surface area (Å²) in [5.74, 6) is 0.432. The standard InChI is InChI=1S/C29H27ClN2O6/c1-17-11-23(12-18(2)27(17)30)37-16-26(33)31-19-5-3-6-20(13-19)38-21-8-9-24-25(14-21)29(35)32(28(24)34)15-22-7-4-10-36-22/h3,5-6,8-9,11-14,22H,4,7,10,15-16H2,1-2H3,(H,31,33). The molecule has 9 heteroatoms. The van der Waals surface area contributed by atoms with Crippen molar-refractivity contribution in [3.63, 3.8) is 0 Å². The number of fused-ring (bicyclic) bond motifs is 1. The van der Waals surface area contributed by atoms with Crippen LogP contribution in [-0.4, -0.2) is 48.5 Å². The Kier molecular flexibility index (Phi) is 7.35. The van der Waals surface area contributed by atoms with Crippen molar-refractivity contribution in [2.45, 2.75) is 32.8 Å². The summed E-state index contributed by atoms with van der Waals surface area (Å²) in [4.78, 5) is 39.4. The van der Waals surface area contributed by atoms with Gasteiger partial charge in [-0.2, -0.15) is 0 Å². The second-order valence-corrected chi connectivity index (χ2v) is 9.78. The zero-order chi connectivity index (χ0) is 26.8. The fourth-order valence-electron chi connectivity index (χ4n) is 4.60. The first-order valence-corrected chi connectivity index (χ1v) is 12.8. The average molecular weight is 535 g/mol. The van der Waals surface area contributed by atoms with E-state index in [2.05, 4.69) is 5.32 Å². The number of amides is 3. The fraction of sp³-hybridized carbons (Fsp3) is 0.276. The van der Waals surface area contributed by atoms with E-state index < -0.39 is 0 Å². The van der Waals surface area contributed by atoms with Crippen molar-refractivity contribution in [3.05, 3.63) is 81.9 Å². The van der Waals surface area contributed by atoms with Gasteiger partial charge in [-0.25, -0.2) is 0 Å². The Labute approximate surface area is 225 Å². The SMILES string of the molecule is Cc1cc(OCC(=O)Nc2cccc(Oc3ccc4c(c3)C(=O)N(CC3CCCO3)C4=O)c2)cc(C)c1Cl. The number of nitrogens with one attached hydrogen (secondary N) is 1. The van der Waals surface area contributed by atoms with Crippen molar-refractivity contribution in [2.75, 3.05) is 25.1 Å². The number of rotatable bonds is 8. The number of nitrogens with zero attached hydrogens (tertiary/aromatic N) is 1. The first-order chi connectivity index (χ1) is 18.3. The van der Waals surface area contributed by atoms with Gasteiger partial charge in [0.2, 0.25) is 0 Å². The van der Waals surface area contributed by atoms with Gasteiger partial charge < -0.3 is 19.5 Å². The molecule has 0 aliphatic carbocycles. The van der Waals surface area contributed by atoms with Crippen LogP contribution >= 0.6 is 11.6 Å². The number of carbonyl (C=O) groups excluding carboxylic acids is 3. The van der Waals surface area contributed by atoms with Crippen LogP contribution in [0.1, 0.15) is 44.7 Å². The highest BCUT2D eigenvalue weighted by atomic mass is 35.5. The summed E-state index contributed by atoms with van der Waals surface area (Å²) in [6.45, 7) is 4.49. The molecule has 0 bridgehead atoms. The van der Waals surface area contributed by atoms with Crippen LogP contribution in [0.25, 0.3) is 0 Å². The normalized spacial score (nSPS) is 16.5. The van der Waals surface area contributed by atoms with Crippen molar-refractivity contribution in [3.8, 4) is 17.2 Å². The molecule has 8 nitrogen and oxygen atoms in total. The minimum absolute atomic E-state index is 0.115. The van der Waals surface area contributed by atoms with E-state index in [-0.39, 0.29) is 37.0 Å². The summed E-state index contributed by atoms with van der Waals surface area (Å²) in [6, 6.07) is 15.3. The maximum absolute atomic E-state index is 12.9. The molecule has 0 saturated carbocycles. The van der Waals surface area contributed by atoms with Gasteiger partial charge in [0.15, 0.2) is 6.61 Å². The Balaban J connectivity index is 1.21. The third-order valence-corrected chi connectivity index (χ3v) is 7.08. The van der Waals surface area contributed by atoms with Crippen molar-refractivity contribution >= 4 is 35.0 Å². The molecule has 196 valence electrons. The molecule has 1 fully saturated rings. The van der Waals surface area contributed by atoms with Crippen LogP contribution in [0.5, 0.6) is 17.2 Å².